The zero-order chi connectivity index (χ0) is 21.6. The number of aryl methyl sites for hydroxylation is 2. The molecule has 0 saturated carbocycles. The summed E-state index contributed by atoms with van der Waals surface area (Å²) < 4.78 is 10.5. The van der Waals surface area contributed by atoms with Crippen molar-refractivity contribution in [3.8, 4) is 11.5 Å². The molecule has 2 amide bonds. The maximum Gasteiger partial charge on any atom is 0.313 e. The Morgan fingerprint density at radius 1 is 0.966 bits per heavy atom. The lowest BCUT2D eigenvalue weighted by atomic mass is 9.95. The molecule has 1 unspecified atom stereocenters. The highest BCUT2D eigenvalue weighted by Gasteiger charge is 2.23. The van der Waals surface area contributed by atoms with Crippen LogP contribution in [-0.4, -0.2) is 26.0 Å². The minimum absolute atomic E-state index is 0.127. The van der Waals surface area contributed by atoms with Crippen molar-refractivity contribution < 1.29 is 19.1 Å². The minimum Gasteiger partial charge on any atom is -0.493 e. The van der Waals surface area contributed by atoms with E-state index in [1.807, 2.05) is 45.0 Å². The lowest BCUT2D eigenvalue weighted by Gasteiger charge is -2.23. The third-order valence-electron chi connectivity index (χ3n) is 4.89. The zero-order valence-electron chi connectivity index (χ0n) is 18.0. The van der Waals surface area contributed by atoms with Gasteiger partial charge in [-0.05, 0) is 42.0 Å². The molecule has 6 nitrogen and oxygen atoms in total. The smallest absolute Gasteiger partial charge is 0.313 e. The highest BCUT2D eigenvalue weighted by atomic mass is 16.5. The van der Waals surface area contributed by atoms with Crippen molar-refractivity contribution in [1.29, 1.82) is 0 Å². The molecule has 0 radical (unpaired) electrons. The second-order valence-corrected chi connectivity index (χ2v) is 7.27. The molecule has 0 aliphatic carbocycles. The van der Waals surface area contributed by atoms with Crippen molar-refractivity contribution >= 4 is 17.5 Å². The average Bonchev–Trinajstić information content (AvgIpc) is 2.72. The summed E-state index contributed by atoms with van der Waals surface area (Å²) in [4.78, 5) is 25.1. The average molecular weight is 399 g/mol. The molecule has 0 saturated heterocycles. The van der Waals surface area contributed by atoms with E-state index in [0.29, 0.717) is 17.2 Å². The lowest BCUT2D eigenvalue weighted by Crippen LogP contribution is -2.39. The van der Waals surface area contributed by atoms with E-state index in [0.717, 1.165) is 17.5 Å². The molecule has 0 heterocycles. The fourth-order valence-electron chi connectivity index (χ4n) is 3.10. The van der Waals surface area contributed by atoms with Gasteiger partial charge in [-0.15, -0.1) is 0 Å². The third kappa shape index (κ3) is 5.50. The highest BCUT2D eigenvalue weighted by molar-refractivity contribution is 6.39. The van der Waals surface area contributed by atoms with Crippen molar-refractivity contribution in [2.75, 3.05) is 19.5 Å². The summed E-state index contributed by atoms with van der Waals surface area (Å²) in [5.41, 5.74) is 3.46. The van der Waals surface area contributed by atoms with Gasteiger partial charge in [-0.1, -0.05) is 45.0 Å². The molecule has 0 spiro atoms. The predicted octanol–water partition coefficient (Wildman–Crippen LogP) is 4.03. The first-order valence-electron chi connectivity index (χ1n) is 9.74. The van der Waals surface area contributed by atoms with E-state index in [1.54, 1.807) is 19.2 Å². The number of ether oxygens (including phenoxy) is 2. The van der Waals surface area contributed by atoms with Gasteiger partial charge in [0, 0.05) is 11.8 Å². The van der Waals surface area contributed by atoms with Crippen LogP contribution >= 0.6 is 0 Å². The summed E-state index contributed by atoms with van der Waals surface area (Å²) in [6, 6.07) is 11.2. The Morgan fingerprint density at radius 2 is 1.55 bits per heavy atom. The van der Waals surface area contributed by atoms with E-state index in [1.165, 1.54) is 12.7 Å². The maximum absolute atomic E-state index is 12.6. The molecule has 2 aromatic carbocycles. The van der Waals surface area contributed by atoms with Gasteiger partial charge in [0.05, 0.1) is 20.3 Å². The predicted molar refractivity (Wildman–Crippen MR) is 114 cm³/mol. The van der Waals surface area contributed by atoms with E-state index in [2.05, 4.69) is 17.6 Å². The van der Waals surface area contributed by atoms with E-state index in [9.17, 15) is 9.59 Å². The summed E-state index contributed by atoms with van der Waals surface area (Å²) in [6.07, 6.45) is 0.950. The molecule has 1 atom stereocenters. The van der Waals surface area contributed by atoms with Crippen LogP contribution in [0.2, 0.25) is 0 Å². The van der Waals surface area contributed by atoms with Crippen molar-refractivity contribution in [2.24, 2.45) is 5.92 Å². The monoisotopic (exact) mass is 398 g/mol. The van der Waals surface area contributed by atoms with Gasteiger partial charge in [-0.3, -0.25) is 9.59 Å². The number of rotatable bonds is 7. The molecule has 0 fully saturated rings. The topological polar surface area (TPSA) is 76.7 Å². The highest BCUT2D eigenvalue weighted by Crippen LogP contribution is 2.33. The fraction of sp³-hybridized carbons (Fsp3) is 0.391. The van der Waals surface area contributed by atoms with Crippen molar-refractivity contribution in [1.82, 2.24) is 5.32 Å². The number of amides is 2. The lowest BCUT2D eigenvalue weighted by molar-refractivity contribution is -0.136. The summed E-state index contributed by atoms with van der Waals surface area (Å²) in [5, 5.41) is 5.52. The summed E-state index contributed by atoms with van der Waals surface area (Å²) in [5.74, 6) is -0.247. The van der Waals surface area contributed by atoms with Crippen LogP contribution in [0.4, 0.5) is 5.69 Å². The van der Waals surface area contributed by atoms with Crippen LogP contribution in [0.15, 0.2) is 36.4 Å². The van der Waals surface area contributed by atoms with Crippen molar-refractivity contribution in [3.63, 3.8) is 0 Å². The molecule has 29 heavy (non-hydrogen) atoms. The first-order valence-corrected chi connectivity index (χ1v) is 9.74. The summed E-state index contributed by atoms with van der Waals surface area (Å²) in [6.45, 7) is 7.93. The number of carbonyl (C=O) groups excluding carboxylic acids is 2. The maximum atomic E-state index is 12.6. The van der Waals surface area contributed by atoms with Crippen LogP contribution in [0.1, 0.15) is 43.5 Å². The Balaban J connectivity index is 2.15. The van der Waals surface area contributed by atoms with Crippen molar-refractivity contribution in [2.45, 2.75) is 40.2 Å². The Kier molecular flexibility index (Phi) is 7.65. The van der Waals surface area contributed by atoms with Crippen LogP contribution in [0, 0.1) is 12.8 Å². The summed E-state index contributed by atoms with van der Waals surface area (Å²) in [7, 11) is 3.06. The van der Waals surface area contributed by atoms with Crippen LogP contribution < -0.4 is 20.1 Å². The third-order valence-corrected chi connectivity index (χ3v) is 4.89. The first kappa shape index (κ1) is 22.3. The minimum atomic E-state index is -0.726. The van der Waals surface area contributed by atoms with E-state index >= 15 is 0 Å². The van der Waals surface area contributed by atoms with Gasteiger partial charge in [0.25, 0.3) is 0 Å². The van der Waals surface area contributed by atoms with E-state index in [-0.39, 0.29) is 12.0 Å². The van der Waals surface area contributed by atoms with Gasteiger partial charge in [0.1, 0.15) is 0 Å². The van der Waals surface area contributed by atoms with E-state index in [4.69, 9.17) is 9.47 Å². The van der Waals surface area contributed by atoms with Gasteiger partial charge in [-0.25, -0.2) is 0 Å². The number of anilines is 1. The second-order valence-electron chi connectivity index (χ2n) is 7.27. The molecular weight excluding hydrogens is 368 g/mol. The standard InChI is InChI=1S/C23H30N2O4/c1-7-16-8-10-17(11-9-16)21(14(2)3)25-23(27)22(26)24-18-13-20(29-6)19(28-5)12-15(18)4/h8-14,21H,7H2,1-6H3,(H,24,26)(H,25,27). The fourth-order valence-corrected chi connectivity index (χ4v) is 3.10. The zero-order valence-corrected chi connectivity index (χ0v) is 18.0. The van der Waals surface area contributed by atoms with Crippen LogP contribution in [-0.2, 0) is 16.0 Å². The number of hydrogen-bond acceptors (Lipinski definition) is 4. The van der Waals surface area contributed by atoms with Crippen LogP contribution in [0.3, 0.4) is 0 Å². The molecule has 0 aliphatic rings. The Hall–Kier alpha value is -3.02. The molecule has 0 aliphatic heterocycles. The quantitative estimate of drug-likeness (QED) is 0.691. The molecule has 2 rings (SSSR count). The van der Waals surface area contributed by atoms with Crippen molar-refractivity contribution in [3.05, 3.63) is 53.1 Å². The molecule has 2 N–H and O–H groups in total. The number of hydrogen-bond donors (Lipinski definition) is 2. The number of methoxy groups -OCH3 is 2. The first-order chi connectivity index (χ1) is 13.8. The second kappa shape index (κ2) is 9.96. The SMILES string of the molecule is CCc1ccc(C(NC(=O)C(=O)Nc2cc(OC)c(OC)cc2C)C(C)C)cc1. The van der Waals surface area contributed by atoms with E-state index < -0.39 is 11.8 Å². The largest absolute Gasteiger partial charge is 0.493 e. The molecule has 0 aromatic heterocycles. The van der Waals surface area contributed by atoms with Gasteiger partial charge >= 0.3 is 11.8 Å². The van der Waals surface area contributed by atoms with Crippen LogP contribution in [0.25, 0.3) is 0 Å². The number of carbonyl (C=O) groups is 2. The Bertz CT molecular complexity index is 860. The molecule has 0 bridgehead atoms. The number of benzene rings is 2. The van der Waals surface area contributed by atoms with Crippen LogP contribution in [0.5, 0.6) is 11.5 Å². The Labute approximate surface area is 172 Å². The Morgan fingerprint density at radius 3 is 2.07 bits per heavy atom. The van der Waals surface area contributed by atoms with Gasteiger partial charge in [0.2, 0.25) is 0 Å². The van der Waals surface area contributed by atoms with Gasteiger partial charge < -0.3 is 20.1 Å². The molecular formula is C23H30N2O4. The molecule has 2 aromatic rings. The number of nitrogens with one attached hydrogen (secondary N) is 2. The molecule has 6 heteroatoms. The summed E-state index contributed by atoms with van der Waals surface area (Å²) >= 11 is 0. The van der Waals surface area contributed by atoms with Gasteiger partial charge in [-0.2, -0.15) is 0 Å². The molecule has 156 valence electrons. The normalized spacial score (nSPS) is 11.7. The van der Waals surface area contributed by atoms with Gasteiger partial charge in [0.15, 0.2) is 11.5 Å².